The fraction of sp³-hybridized carbons (Fsp3) is 0. The summed E-state index contributed by atoms with van der Waals surface area (Å²) in [5.74, 6) is 0.813. The minimum Gasteiger partial charge on any atom is -0.507 e. The van der Waals surface area contributed by atoms with Crippen LogP contribution < -0.4 is 0 Å². The maximum absolute atomic E-state index is 11.3. The molecule has 7 aromatic carbocycles. The predicted molar refractivity (Wildman–Crippen MR) is 215 cm³/mol. The van der Waals surface area contributed by atoms with E-state index in [0.717, 1.165) is 83.3 Å². The van der Waals surface area contributed by atoms with Gasteiger partial charge >= 0.3 is 0 Å². The number of furan rings is 1. The molecule has 5 heteroatoms. The third kappa shape index (κ3) is 5.17. The fourth-order valence-electron chi connectivity index (χ4n) is 7.55. The highest BCUT2D eigenvalue weighted by atomic mass is 16.3. The third-order valence-corrected chi connectivity index (χ3v) is 9.99. The lowest BCUT2D eigenvalue weighted by Crippen LogP contribution is -2.00. The summed E-state index contributed by atoms with van der Waals surface area (Å²) in [5.41, 5.74) is 13.0. The van der Waals surface area contributed by atoms with E-state index in [1.807, 2.05) is 66.9 Å². The Balaban J connectivity index is 1.27. The minimum absolute atomic E-state index is 0.164. The molecule has 0 radical (unpaired) electrons. The molecule has 10 rings (SSSR count). The molecule has 250 valence electrons. The summed E-state index contributed by atoms with van der Waals surface area (Å²) in [6, 6.07) is 59.5. The number of pyridine rings is 1. The van der Waals surface area contributed by atoms with Gasteiger partial charge in [0.15, 0.2) is 0 Å². The lowest BCUT2D eigenvalue weighted by Gasteiger charge is -2.15. The first kappa shape index (κ1) is 30.6. The zero-order valence-electron chi connectivity index (χ0n) is 28.5. The Labute approximate surface area is 305 Å². The van der Waals surface area contributed by atoms with Gasteiger partial charge in [-0.05, 0) is 76.9 Å². The summed E-state index contributed by atoms with van der Waals surface area (Å²) in [6.45, 7) is 0. The van der Waals surface area contributed by atoms with E-state index in [9.17, 15) is 5.11 Å². The van der Waals surface area contributed by atoms with Crippen LogP contribution >= 0.6 is 0 Å². The quantitative estimate of drug-likeness (QED) is 0.190. The van der Waals surface area contributed by atoms with Crippen LogP contribution in [0.15, 0.2) is 187 Å². The molecular weight excluding hydrogens is 651 g/mol. The van der Waals surface area contributed by atoms with E-state index in [4.69, 9.17) is 14.4 Å². The zero-order valence-corrected chi connectivity index (χ0v) is 28.5. The van der Waals surface area contributed by atoms with E-state index in [1.54, 1.807) is 6.07 Å². The number of benzene rings is 7. The SMILES string of the molecule is Oc1ccccc1-c1nc2c(-c3cc(-c4cc(-c5ccccc5)ccn4)cc4oc5ccccc5c34)cccc2n1-c1ccccc1-c1ccccc1. The highest BCUT2D eigenvalue weighted by Crippen LogP contribution is 2.44. The molecule has 1 N–H and O–H groups in total. The first-order chi connectivity index (χ1) is 26.2. The Hall–Kier alpha value is -7.24. The van der Waals surface area contributed by atoms with Crippen LogP contribution in [-0.4, -0.2) is 19.6 Å². The molecule has 0 unspecified atom stereocenters. The number of phenols is 1. The predicted octanol–water partition coefficient (Wildman–Crippen LogP) is 12.4. The summed E-state index contributed by atoms with van der Waals surface area (Å²) >= 11 is 0. The fourth-order valence-corrected chi connectivity index (χ4v) is 7.55. The van der Waals surface area contributed by atoms with E-state index in [0.29, 0.717) is 11.4 Å². The van der Waals surface area contributed by atoms with Gasteiger partial charge in [-0.25, -0.2) is 4.98 Å². The summed E-state index contributed by atoms with van der Waals surface area (Å²) in [5, 5.41) is 13.3. The van der Waals surface area contributed by atoms with Gasteiger partial charge in [-0.2, -0.15) is 0 Å². The smallest absolute Gasteiger partial charge is 0.149 e. The van der Waals surface area contributed by atoms with E-state index in [2.05, 4.69) is 114 Å². The van der Waals surface area contributed by atoms with Crippen LogP contribution in [-0.2, 0) is 0 Å². The molecule has 10 aromatic rings. The number of rotatable bonds is 6. The van der Waals surface area contributed by atoms with Crippen LogP contribution in [0.2, 0.25) is 0 Å². The maximum atomic E-state index is 11.3. The molecule has 53 heavy (non-hydrogen) atoms. The number of aromatic hydroxyl groups is 1. The average Bonchev–Trinajstić information content (AvgIpc) is 3.80. The van der Waals surface area contributed by atoms with Crippen LogP contribution in [0.25, 0.3) is 94.7 Å². The number of aromatic nitrogens is 3. The van der Waals surface area contributed by atoms with Crippen molar-refractivity contribution >= 4 is 33.0 Å². The van der Waals surface area contributed by atoms with Crippen molar-refractivity contribution in [3.8, 4) is 67.5 Å². The Morgan fingerprint density at radius 2 is 1.19 bits per heavy atom. The topological polar surface area (TPSA) is 64.1 Å². The van der Waals surface area contributed by atoms with Crippen molar-refractivity contribution in [1.82, 2.24) is 14.5 Å². The van der Waals surface area contributed by atoms with E-state index in [-0.39, 0.29) is 5.75 Å². The monoisotopic (exact) mass is 681 g/mol. The van der Waals surface area contributed by atoms with Gasteiger partial charge in [0, 0.05) is 33.7 Å². The molecule has 0 spiro atoms. The molecule has 0 aliphatic carbocycles. The van der Waals surface area contributed by atoms with Gasteiger partial charge in [0.2, 0.25) is 0 Å². The minimum atomic E-state index is 0.164. The van der Waals surface area contributed by atoms with Gasteiger partial charge in [-0.3, -0.25) is 9.55 Å². The first-order valence-electron chi connectivity index (χ1n) is 17.6. The van der Waals surface area contributed by atoms with Crippen molar-refractivity contribution in [3.63, 3.8) is 0 Å². The molecular formula is C48H31N3O2. The number of imidazole rings is 1. The van der Waals surface area contributed by atoms with Crippen LogP contribution in [0, 0.1) is 0 Å². The van der Waals surface area contributed by atoms with Gasteiger partial charge in [0.25, 0.3) is 0 Å². The van der Waals surface area contributed by atoms with Crippen molar-refractivity contribution < 1.29 is 9.52 Å². The molecule has 3 heterocycles. The van der Waals surface area contributed by atoms with Crippen molar-refractivity contribution in [3.05, 3.63) is 182 Å². The highest BCUT2D eigenvalue weighted by molar-refractivity contribution is 6.16. The number of nitrogens with zero attached hydrogens (tertiary/aromatic N) is 3. The largest absolute Gasteiger partial charge is 0.507 e. The summed E-state index contributed by atoms with van der Waals surface area (Å²) in [7, 11) is 0. The average molecular weight is 682 g/mol. The van der Waals surface area contributed by atoms with Crippen molar-refractivity contribution in [2.75, 3.05) is 0 Å². The van der Waals surface area contributed by atoms with Crippen LogP contribution in [0.1, 0.15) is 0 Å². The summed E-state index contributed by atoms with van der Waals surface area (Å²) < 4.78 is 8.74. The molecule has 0 atom stereocenters. The van der Waals surface area contributed by atoms with Gasteiger partial charge in [-0.1, -0.05) is 121 Å². The molecule has 0 fully saturated rings. The van der Waals surface area contributed by atoms with Crippen LogP contribution in [0.3, 0.4) is 0 Å². The second-order valence-electron chi connectivity index (χ2n) is 13.1. The number of para-hydroxylation sites is 4. The Morgan fingerprint density at radius 1 is 0.491 bits per heavy atom. The standard InChI is InChI=1S/C48H31N3O2/c52-43-24-11-8-19-37(43)48-50-47-36(21-13-23-42(47)51(48)41-22-10-7-18-35(41)32-16-5-2-6-17-32)39-28-34(30-45-46(39)38-20-9-12-25-44(38)53-45)40-29-33(26-27-49-40)31-14-3-1-4-15-31/h1-30,52H. The molecule has 0 aliphatic heterocycles. The molecule has 0 saturated heterocycles. The third-order valence-electron chi connectivity index (χ3n) is 9.99. The maximum Gasteiger partial charge on any atom is 0.149 e. The van der Waals surface area contributed by atoms with Crippen molar-refractivity contribution in [1.29, 1.82) is 0 Å². The molecule has 0 bridgehead atoms. The van der Waals surface area contributed by atoms with Gasteiger partial charge in [-0.15, -0.1) is 0 Å². The van der Waals surface area contributed by atoms with Gasteiger partial charge < -0.3 is 9.52 Å². The lowest BCUT2D eigenvalue weighted by molar-refractivity contribution is 0.477. The Bertz CT molecular complexity index is 2960. The molecule has 5 nitrogen and oxygen atoms in total. The van der Waals surface area contributed by atoms with Gasteiger partial charge in [0.05, 0.1) is 28.0 Å². The molecule has 3 aromatic heterocycles. The number of hydrogen-bond donors (Lipinski definition) is 1. The van der Waals surface area contributed by atoms with Gasteiger partial charge in [0.1, 0.15) is 22.7 Å². The Kier molecular flexibility index (Phi) is 7.22. The van der Waals surface area contributed by atoms with E-state index in [1.165, 1.54) is 0 Å². The first-order valence-corrected chi connectivity index (χ1v) is 17.6. The molecule has 0 aliphatic rings. The lowest BCUT2D eigenvalue weighted by atomic mass is 9.94. The normalized spacial score (nSPS) is 11.5. The number of hydrogen-bond acceptors (Lipinski definition) is 4. The summed E-state index contributed by atoms with van der Waals surface area (Å²) in [4.78, 5) is 10.3. The second kappa shape index (κ2) is 12.5. The van der Waals surface area contributed by atoms with Crippen molar-refractivity contribution in [2.24, 2.45) is 0 Å². The van der Waals surface area contributed by atoms with E-state index >= 15 is 0 Å². The molecule has 0 amide bonds. The molecule has 0 saturated carbocycles. The van der Waals surface area contributed by atoms with Crippen LogP contribution in [0.5, 0.6) is 5.75 Å². The highest BCUT2D eigenvalue weighted by Gasteiger charge is 2.24. The van der Waals surface area contributed by atoms with E-state index < -0.39 is 0 Å². The van der Waals surface area contributed by atoms with Crippen LogP contribution in [0.4, 0.5) is 0 Å². The zero-order chi connectivity index (χ0) is 35.3. The second-order valence-corrected chi connectivity index (χ2v) is 13.1. The Morgan fingerprint density at radius 3 is 2.02 bits per heavy atom. The van der Waals surface area contributed by atoms with Crippen molar-refractivity contribution in [2.45, 2.75) is 0 Å². The summed E-state index contributed by atoms with van der Waals surface area (Å²) in [6.07, 6.45) is 1.87. The number of fused-ring (bicyclic) bond motifs is 4. The number of phenolic OH excluding ortho intramolecular Hbond substituents is 1.